The highest BCUT2D eigenvalue weighted by atomic mass is 16.5. The maximum absolute atomic E-state index is 12.1. The van der Waals surface area contributed by atoms with Gasteiger partial charge in [0, 0.05) is 25.3 Å². The van der Waals surface area contributed by atoms with Gasteiger partial charge in [0.05, 0.1) is 7.11 Å². The zero-order chi connectivity index (χ0) is 15.3. The van der Waals surface area contributed by atoms with Gasteiger partial charge in [0.25, 0.3) is 0 Å². The third-order valence-corrected chi connectivity index (χ3v) is 3.32. The molecule has 0 spiro atoms. The summed E-state index contributed by atoms with van der Waals surface area (Å²) in [5, 5.41) is 3.31. The zero-order valence-electron chi connectivity index (χ0n) is 13.4. The number of carbonyl (C=O) groups excluding carboxylic acids is 1. The van der Waals surface area contributed by atoms with Crippen LogP contribution >= 0.6 is 0 Å². The van der Waals surface area contributed by atoms with Crippen molar-refractivity contribution in [3.63, 3.8) is 0 Å². The van der Waals surface area contributed by atoms with Crippen molar-refractivity contribution in [2.75, 3.05) is 25.6 Å². The highest BCUT2D eigenvalue weighted by Gasteiger charge is 2.36. The normalized spacial score (nSPS) is 13.9. The van der Waals surface area contributed by atoms with E-state index in [0.29, 0.717) is 6.54 Å². The fourth-order valence-corrected chi connectivity index (χ4v) is 2.58. The summed E-state index contributed by atoms with van der Waals surface area (Å²) >= 11 is 0. The van der Waals surface area contributed by atoms with Crippen LogP contribution in [-0.4, -0.2) is 38.3 Å². The molecule has 1 atom stereocenters. The van der Waals surface area contributed by atoms with Crippen molar-refractivity contribution in [3.8, 4) is 0 Å². The molecule has 0 fully saturated rings. The van der Waals surface area contributed by atoms with Crippen molar-refractivity contribution in [2.24, 2.45) is 0 Å². The van der Waals surface area contributed by atoms with E-state index in [4.69, 9.17) is 4.74 Å². The van der Waals surface area contributed by atoms with Crippen LogP contribution in [0.3, 0.4) is 0 Å². The average Bonchev–Trinajstić information content (AvgIpc) is 2.36. The Hall–Kier alpha value is -1.55. The molecule has 4 heteroatoms. The van der Waals surface area contributed by atoms with E-state index in [1.165, 1.54) is 12.7 Å². The van der Waals surface area contributed by atoms with Gasteiger partial charge in [-0.1, -0.05) is 18.2 Å². The predicted molar refractivity (Wildman–Crippen MR) is 83.1 cm³/mol. The van der Waals surface area contributed by atoms with E-state index in [-0.39, 0.29) is 12.0 Å². The quantitative estimate of drug-likeness (QED) is 0.811. The number of likely N-dealkylation sites (N-methyl/N-ethyl adjacent to an activating group) is 1. The molecule has 0 radical (unpaired) electrons. The van der Waals surface area contributed by atoms with E-state index in [9.17, 15) is 4.79 Å². The molecule has 1 rings (SSSR count). The van der Waals surface area contributed by atoms with E-state index >= 15 is 0 Å². The Labute approximate surface area is 122 Å². The van der Waals surface area contributed by atoms with E-state index in [0.717, 1.165) is 5.69 Å². The molecular formula is C16H26N2O2. The maximum atomic E-state index is 12.1. The van der Waals surface area contributed by atoms with Crippen molar-refractivity contribution in [3.05, 3.63) is 29.8 Å². The number of nitrogens with one attached hydrogen (secondary N) is 1. The van der Waals surface area contributed by atoms with Crippen LogP contribution in [0.25, 0.3) is 0 Å². The molecule has 0 aliphatic carbocycles. The van der Waals surface area contributed by atoms with Crippen LogP contribution in [0, 0.1) is 6.92 Å². The molecule has 1 aromatic carbocycles. The minimum Gasteiger partial charge on any atom is -0.468 e. The molecule has 0 aliphatic rings. The number of esters is 1. The average molecular weight is 278 g/mol. The molecule has 4 nitrogen and oxygen atoms in total. The zero-order valence-corrected chi connectivity index (χ0v) is 13.4. The lowest BCUT2D eigenvalue weighted by molar-refractivity contribution is -0.147. The lowest BCUT2D eigenvalue weighted by Crippen LogP contribution is -2.59. The maximum Gasteiger partial charge on any atom is 0.327 e. The Morgan fingerprint density at radius 3 is 2.50 bits per heavy atom. The van der Waals surface area contributed by atoms with Gasteiger partial charge in [-0.05, 0) is 39.3 Å². The number of methoxy groups -OCH3 is 1. The lowest BCUT2D eigenvalue weighted by atomic mass is 10.00. The Bertz CT molecular complexity index is 460. The number of para-hydroxylation sites is 1. The first-order valence-electron chi connectivity index (χ1n) is 6.93. The molecular weight excluding hydrogens is 252 g/mol. The molecule has 0 amide bonds. The standard InChI is InChI=1S/C16H26N2O2/c1-12(2)17-16(4,15(19)20-6)11-18(5)14-10-8-7-9-13(14)3/h7-10,12,17H,11H2,1-6H3. The summed E-state index contributed by atoms with van der Waals surface area (Å²) in [6, 6.07) is 8.34. The first-order valence-corrected chi connectivity index (χ1v) is 6.93. The Morgan fingerprint density at radius 2 is 2.00 bits per heavy atom. The van der Waals surface area contributed by atoms with Crippen LogP contribution in [-0.2, 0) is 9.53 Å². The number of carbonyl (C=O) groups is 1. The molecule has 0 aromatic heterocycles. The summed E-state index contributed by atoms with van der Waals surface area (Å²) in [7, 11) is 3.42. The molecule has 0 saturated heterocycles. The predicted octanol–water partition coefficient (Wildman–Crippen LogP) is 2.36. The van der Waals surface area contributed by atoms with Gasteiger partial charge in [0.1, 0.15) is 5.54 Å². The summed E-state index contributed by atoms with van der Waals surface area (Å²) in [6.45, 7) is 8.54. The van der Waals surface area contributed by atoms with Gasteiger partial charge in [-0.3, -0.25) is 5.32 Å². The largest absolute Gasteiger partial charge is 0.468 e. The number of nitrogens with zero attached hydrogens (tertiary/aromatic N) is 1. The molecule has 0 saturated carbocycles. The lowest BCUT2D eigenvalue weighted by Gasteiger charge is -2.35. The molecule has 112 valence electrons. The van der Waals surface area contributed by atoms with Crippen LogP contribution in [0.1, 0.15) is 26.3 Å². The van der Waals surface area contributed by atoms with Crippen LogP contribution in [0.2, 0.25) is 0 Å². The van der Waals surface area contributed by atoms with Gasteiger partial charge in [-0.15, -0.1) is 0 Å². The SMILES string of the molecule is COC(=O)C(C)(CN(C)c1ccccc1C)NC(C)C. The second kappa shape index (κ2) is 6.75. The van der Waals surface area contributed by atoms with Gasteiger partial charge in [0.15, 0.2) is 0 Å². The summed E-state index contributed by atoms with van der Waals surface area (Å²) in [4.78, 5) is 14.2. The van der Waals surface area contributed by atoms with Gasteiger partial charge in [0.2, 0.25) is 0 Å². The number of hydrogen-bond donors (Lipinski definition) is 1. The van der Waals surface area contributed by atoms with Gasteiger partial charge in [-0.2, -0.15) is 0 Å². The third-order valence-electron chi connectivity index (χ3n) is 3.32. The van der Waals surface area contributed by atoms with Crippen molar-refractivity contribution in [1.82, 2.24) is 5.32 Å². The fraction of sp³-hybridized carbons (Fsp3) is 0.562. The second-order valence-electron chi connectivity index (χ2n) is 5.77. The number of benzene rings is 1. The molecule has 0 heterocycles. The van der Waals surface area contributed by atoms with Gasteiger partial charge < -0.3 is 9.64 Å². The number of anilines is 1. The molecule has 0 aliphatic heterocycles. The highest BCUT2D eigenvalue weighted by molar-refractivity contribution is 5.81. The molecule has 1 N–H and O–H groups in total. The minimum atomic E-state index is -0.736. The minimum absolute atomic E-state index is 0.198. The topological polar surface area (TPSA) is 41.6 Å². The summed E-state index contributed by atoms with van der Waals surface area (Å²) in [5.41, 5.74) is 1.57. The summed E-state index contributed by atoms with van der Waals surface area (Å²) in [6.07, 6.45) is 0. The van der Waals surface area contributed by atoms with E-state index in [1.807, 2.05) is 40.0 Å². The first kappa shape index (κ1) is 16.5. The summed E-state index contributed by atoms with van der Waals surface area (Å²) in [5.74, 6) is -0.244. The number of aryl methyl sites for hydroxylation is 1. The van der Waals surface area contributed by atoms with Crippen molar-refractivity contribution in [1.29, 1.82) is 0 Å². The monoisotopic (exact) mass is 278 g/mol. The van der Waals surface area contributed by atoms with Crippen molar-refractivity contribution in [2.45, 2.75) is 39.3 Å². The molecule has 20 heavy (non-hydrogen) atoms. The smallest absolute Gasteiger partial charge is 0.327 e. The van der Waals surface area contributed by atoms with E-state index in [2.05, 4.69) is 29.3 Å². The van der Waals surface area contributed by atoms with Crippen LogP contribution in [0.15, 0.2) is 24.3 Å². The third kappa shape index (κ3) is 3.97. The van der Waals surface area contributed by atoms with Gasteiger partial charge >= 0.3 is 5.97 Å². The van der Waals surface area contributed by atoms with E-state index < -0.39 is 5.54 Å². The van der Waals surface area contributed by atoms with Crippen molar-refractivity contribution < 1.29 is 9.53 Å². The summed E-state index contributed by atoms with van der Waals surface area (Å²) < 4.78 is 4.96. The number of rotatable bonds is 6. The van der Waals surface area contributed by atoms with Crippen LogP contribution in [0.5, 0.6) is 0 Å². The fourth-order valence-electron chi connectivity index (χ4n) is 2.58. The first-order chi connectivity index (χ1) is 9.30. The van der Waals surface area contributed by atoms with Crippen LogP contribution < -0.4 is 10.2 Å². The molecule has 1 unspecified atom stereocenters. The Balaban J connectivity index is 2.95. The van der Waals surface area contributed by atoms with Crippen LogP contribution in [0.4, 0.5) is 5.69 Å². The number of ether oxygens (including phenoxy) is 1. The van der Waals surface area contributed by atoms with Crippen molar-refractivity contribution >= 4 is 11.7 Å². The second-order valence-corrected chi connectivity index (χ2v) is 5.77. The van der Waals surface area contributed by atoms with Gasteiger partial charge in [-0.25, -0.2) is 4.79 Å². The molecule has 0 bridgehead atoms. The Kier molecular flexibility index (Phi) is 5.57. The Morgan fingerprint density at radius 1 is 1.40 bits per heavy atom. The highest BCUT2D eigenvalue weighted by Crippen LogP contribution is 2.21. The molecule has 1 aromatic rings. The number of hydrogen-bond acceptors (Lipinski definition) is 4. The van der Waals surface area contributed by atoms with E-state index in [1.54, 1.807) is 0 Å².